The first-order valence-electron chi connectivity index (χ1n) is 3.37. The number of hydrogen-bond acceptors (Lipinski definition) is 3. The maximum atomic E-state index is 8.28. The Labute approximate surface area is 56.0 Å². The Hall–Kier alpha value is -0.120. The molecule has 0 aromatic heterocycles. The molecule has 0 aliphatic rings. The van der Waals surface area contributed by atoms with Crippen LogP contribution in [0.4, 0.5) is 0 Å². The number of rotatable bonds is 6. The molecule has 0 atom stereocenters. The largest absolute Gasteiger partial charge is 0.395 e. The third-order valence-corrected chi connectivity index (χ3v) is 0.916. The van der Waals surface area contributed by atoms with E-state index in [1.165, 1.54) is 0 Å². The van der Waals surface area contributed by atoms with Crippen molar-refractivity contribution in [1.82, 2.24) is 5.48 Å². The Balaban J connectivity index is 2.60. The summed E-state index contributed by atoms with van der Waals surface area (Å²) in [5, 5.41) is 8.28. The van der Waals surface area contributed by atoms with Crippen LogP contribution in [-0.2, 0) is 4.84 Å². The molecule has 0 aromatic rings. The van der Waals surface area contributed by atoms with Crippen LogP contribution >= 0.6 is 0 Å². The van der Waals surface area contributed by atoms with Crippen molar-refractivity contribution in [2.45, 2.75) is 19.8 Å². The summed E-state index contributed by atoms with van der Waals surface area (Å²) in [5.74, 6) is 0. The van der Waals surface area contributed by atoms with E-state index in [-0.39, 0.29) is 6.61 Å². The highest BCUT2D eigenvalue weighted by Crippen LogP contribution is 1.83. The van der Waals surface area contributed by atoms with Crippen LogP contribution < -0.4 is 5.48 Å². The average molecular weight is 133 g/mol. The van der Waals surface area contributed by atoms with Crippen LogP contribution in [0, 0.1) is 0 Å². The second-order valence-electron chi connectivity index (χ2n) is 1.82. The van der Waals surface area contributed by atoms with Crippen LogP contribution in [0.3, 0.4) is 0 Å². The van der Waals surface area contributed by atoms with Crippen molar-refractivity contribution in [3.8, 4) is 0 Å². The first-order chi connectivity index (χ1) is 4.41. The van der Waals surface area contributed by atoms with Crippen molar-refractivity contribution in [1.29, 1.82) is 0 Å². The van der Waals surface area contributed by atoms with Gasteiger partial charge in [0.2, 0.25) is 0 Å². The number of unbranched alkanes of at least 4 members (excludes halogenated alkanes) is 1. The fourth-order valence-corrected chi connectivity index (χ4v) is 0.406. The van der Waals surface area contributed by atoms with Gasteiger partial charge in [0.1, 0.15) is 0 Å². The predicted molar refractivity (Wildman–Crippen MR) is 35.9 cm³/mol. The highest BCUT2D eigenvalue weighted by Gasteiger charge is 1.83. The first kappa shape index (κ1) is 8.88. The number of nitrogens with one attached hydrogen (secondary N) is 1. The normalized spacial score (nSPS) is 10.0. The summed E-state index contributed by atoms with van der Waals surface area (Å²) in [4.78, 5) is 4.90. The Bertz CT molecular complexity index is 44.3. The van der Waals surface area contributed by atoms with Gasteiger partial charge in [0.05, 0.1) is 13.2 Å². The molecular formula is C6H15NO2. The summed E-state index contributed by atoms with van der Waals surface area (Å²) in [7, 11) is 0. The smallest absolute Gasteiger partial charge is 0.0682 e. The minimum absolute atomic E-state index is 0.131. The van der Waals surface area contributed by atoms with E-state index in [0.717, 1.165) is 19.4 Å². The SMILES string of the molecule is CCCCONCCO. The van der Waals surface area contributed by atoms with Crippen LogP contribution in [0.15, 0.2) is 0 Å². The third kappa shape index (κ3) is 7.88. The van der Waals surface area contributed by atoms with Gasteiger partial charge in [-0.1, -0.05) is 13.3 Å². The third-order valence-electron chi connectivity index (χ3n) is 0.916. The van der Waals surface area contributed by atoms with Crippen LogP contribution in [0.5, 0.6) is 0 Å². The summed E-state index contributed by atoms with van der Waals surface area (Å²) >= 11 is 0. The molecule has 3 heteroatoms. The zero-order valence-corrected chi connectivity index (χ0v) is 5.89. The van der Waals surface area contributed by atoms with Crippen LogP contribution in [0.25, 0.3) is 0 Å². The molecule has 0 spiro atoms. The van der Waals surface area contributed by atoms with E-state index >= 15 is 0 Å². The van der Waals surface area contributed by atoms with Gasteiger partial charge in [0, 0.05) is 6.54 Å². The van der Waals surface area contributed by atoms with E-state index in [9.17, 15) is 0 Å². The minimum atomic E-state index is 0.131. The van der Waals surface area contributed by atoms with Gasteiger partial charge in [-0.2, -0.15) is 0 Å². The summed E-state index contributed by atoms with van der Waals surface area (Å²) in [6.45, 7) is 3.49. The maximum absolute atomic E-state index is 8.28. The highest BCUT2D eigenvalue weighted by atomic mass is 16.6. The molecule has 0 amide bonds. The van der Waals surface area contributed by atoms with Gasteiger partial charge in [-0.05, 0) is 6.42 Å². The zero-order chi connectivity index (χ0) is 6.95. The van der Waals surface area contributed by atoms with Crippen molar-refractivity contribution >= 4 is 0 Å². The molecule has 0 aromatic carbocycles. The molecule has 0 heterocycles. The Morgan fingerprint density at radius 3 is 2.89 bits per heavy atom. The van der Waals surface area contributed by atoms with Crippen LogP contribution in [-0.4, -0.2) is 24.9 Å². The van der Waals surface area contributed by atoms with Gasteiger partial charge < -0.3 is 9.94 Å². The number of aliphatic hydroxyl groups excluding tert-OH is 1. The summed E-state index contributed by atoms with van der Waals surface area (Å²) in [6, 6.07) is 0. The van der Waals surface area contributed by atoms with Crippen molar-refractivity contribution < 1.29 is 9.94 Å². The van der Waals surface area contributed by atoms with Crippen molar-refractivity contribution in [2.75, 3.05) is 19.8 Å². The predicted octanol–water partition coefficient (Wildman–Crippen LogP) is 0.300. The van der Waals surface area contributed by atoms with E-state index < -0.39 is 0 Å². The average Bonchev–Trinajstić information content (AvgIpc) is 1.89. The summed E-state index contributed by atoms with van der Waals surface area (Å²) in [6.07, 6.45) is 2.21. The highest BCUT2D eigenvalue weighted by molar-refractivity contribution is 4.30. The van der Waals surface area contributed by atoms with Gasteiger partial charge >= 0.3 is 0 Å². The Morgan fingerprint density at radius 1 is 1.56 bits per heavy atom. The number of aliphatic hydroxyl groups is 1. The van der Waals surface area contributed by atoms with E-state index in [1.54, 1.807) is 0 Å². The van der Waals surface area contributed by atoms with Gasteiger partial charge in [0.15, 0.2) is 0 Å². The lowest BCUT2D eigenvalue weighted by Gasteiger charge is -2.01. The maximum Gasteiger partial charge on any atom is 0.0682 e. The topological polar surface area (TPSA) is 41.5 Å². The van der Waals surface area contributed by atoms with Crippen molar-refractivity contribution in [2.24, 2.45) is 0 Å². The summed E-state index contributed by atoms with van der Waals surface area (Å²) < 4.78 is 0. The lowest BCUT2D eigenvalue weighted by atomic mass is 10.4. The molecule has 0 saturated carbocycles. The molecule has 0 saturated heterocycles. The quantitative estimate of drug-likeness (QED) is 0.404. The molecule has 9 heavy (non-hydrogen) atoms. The van der Waals surface area contributed by atoms with Gasteiger partial charge in [0.25, 0.3) is 0 Å². The monoisotopic (exact) mass is 133 g/mol. The van der Waals surface area contributed by atoms with Crippen LogP contribution in [0.2, 0.25) is 0 Å². The van der Waals surface area contributed by atoms with Gasteiger partial charge in [-0.15, -0.1) is 0 Å². The molecule has 0 unspecified atom stereocenters. The van der Waals surface area contributed by atoms with Crippen molar-refractivity contribution in [3.63, 3.8) is 0 Å². The van der Waals surface area contributed by atoms with Gasteiger partial charge in [-0.25, -0.2) is 5.48 Å². The second-order valence-corrected chi connectivity index (χ2v) is 1.82. The first-order valence-corrected chi connectivity index (χ1v) is 3.37. The Kier molecular flexibility index (Phi) is 7.77. The fraction of sp³-hybridized carbons (Fsp3) is 1.00. The number of hydroxylamine groups is 1. The van der Waals surface area contributed by atoms with Gasteiger partial charge in [-0.3, -0.25) is 0 Å². The van der Waals surface area contributed by atoms with E-state index in [2.05, 4.69) is 12.4 Å². The number of hydrogen-bond donors (Lipinski definition) is 2. The standard InChI is InChI=1S/C6H15NO2/c1-2-3-6-9-7-4-5-8/h7-8H,2-6H2,1H3. The van der Waals surface area contributed by atoms with E-state index in [4.69, 9.17) is 9.94 Å². The molecule has 0 aliphatic heterocycles. The second kappa shape index (κ2) is 7.88. The molecule has 56 valence electrons. The molecule has 0 bridgehead atoms. The molecule has 0 aliphatic carbocycles. The lowest BCUT2D eigenvalue weighted by Crippen LogP contribution is -2.19. The van der Waals surface area contributed by atoms with Crippen molar-refractivity contribution in [3.05, 3.63) is 0 Å². The zero-order valence-electron chi connectivity index (χ0n) is 5.89. The summed E-state index contributed by atoms with van der Waals surface area (Å²) in [5.41, 5.74) is 2.62. The van der Waals surface area contributed by atoms with Crippen LogP contribution in [0.1, 0.15) is 19.8 Å². The lowest BCUT2D eigenvalue weighted by molar-refractivity contribution is 0.0305. The Morgan fingerprint density at radius 2 is 2.33 bits per heavy atom. The molecule has 3 nitrogen and oxygen atoms in total. The fourth-order valence-electron chi connectivity index (χ4n) is 0.406. The van der Waals surface area contributed by atoms with E-state index in [0.29, 0.717) is 6.54 Å². The molecule has 0 rings (SSSR count). The minimum Gasteiger partial charge on any atom is -0.395 e. The molecule has 2 N–H and O–H groups in total. The van der Waals surface area contributed by atoms with E-state index in [1.807, 2.05) is 0 Å². The molecular weight excluding hydrogens is 118 g/mol. The molecule has 0 radical (unpaired) electrons. The molecule has 0 fully saturated rings.